The Morgan fingerprint density at radius 2 is 2.00 bits per heavy atom. The molecule has 0 radical (unpaired) electrons. The van der Waals surface area contributed by atoms with Crippen molar-refractivity contribution in [2.45, 2.75) is 13.8 Å². The van der Waals surface area contributed by atoms with Gasteiger partial charge in [-0.15, -0.1) is 0 Å². The number of anilines is 2. The molecular weight excluding hydrogens is 156 g/mol. The van der Waals surface area contributed by atoms with E-state index in [9.17, 15) is 0 Å². The number of aryl methyl sites for hydroxylation is 1. The van der Waals surface area contributed by atoms with Gasteiger partial charge in [0.25, 0.3) is 0 Å². The van der Waals surface area contributed by atoms with Gasteiger partial charge in [0.2, 0.25) is 11.8 Å². The van der Waals surface area contributed by atoms with Crippen LogP contribution in [-0.4, -0.2) is 16.6 Å². The Kier molecular flexibility index (Phi) is 2.32. The number of hydrogen-bond acceptors (Lipinski definition) is 5. The third kappa shape index (κ3) is 1.55. The third-order valence-corrected chi connectivity index (χ3v) is 1.40. The number of rotatable bonds is 2. The van der Waals surface area contributed by atoms with Gasteiger partial charge < -0.3 is 16.2 Å². The van der Waals surface area contributed by atoms with Crippen molar-refractivity contribution in [3.05, 3.63) is 5.69 Å². The molecule has 0 saturated carbocycles. The van der Waals surface area contributed by atoms with E-state index in [4.69, 9.17) is 16.2 Å². The number of nitrogens with two attached hydrogens (primary N) is 2. The monoisotopic (exact) mass is 168 g/mol. The molecule has 0 aliphatic heterocycles. The number of nitrogen functional groups attached to an aromatic ring is 2. The van der Waals surface area contributed by atoms with Gasteiger partial charge in [0.15, 0.2) is 0 Å². The molecule has 1 aromatic rings. The first-order valence-corrected chi connectivity index (χ1v) is 3.67. The van der Waals surface area contributed by atoms with Gasteiger partial charge in [-0.1, -0.05) is 0 Å². The molecule has 1 aromatic heterocycles. The zero-order valence-electron chi connectivity index (χ0n) is 7.16. The Labute approximate surface area is 70.8 Å². The smallest absolute Gasteiger partial charge is 0.242 e. The minimum Gasteiger partial charge on any atom is -0.476 e. The maximum Gasteiger partial charge on any atom is 0.242 e. The summed E-state index contributed by atoms with van der Waals surface area (Å²) in [5.41, 5.74) is 12.1. The summed E-state index contributed by atoms with van der Waals surface area (Å²) >= 11 is 0. The molecule has 0 fully saturated rings. The summed E-state index contributed by atoms with van der Waals surface area (Å²) in [6, 6.07) is 0. The summed E-state index contributed by atoms with van der Waals surface area (Å²) in [5, 5.41) is 0. The standard InChI is InChI=1S/C7H12N4O/c1-3-12-6-5(8)4(2)10-7(9)11-6/h3,8H2,1-2H3,(H2,9,10,11). The Balaban J connectivity index is 3.09. The van der Waals surface area contributed by atoms with Gasteiger partial charge in [0, 0.05) is 0 Å². The number of hydrogen-bond donors (Lipinski definition) is 2. The van der Waals surface area contributed by atoms with Gasteiger partial charge in [-0.2, -0.15) is 4.98 Å². The minimum atomic E-state index is 0.185. The van der Waals surface area contributed by atoms with E-state index in [0.717, 1.165) is 0 Å². The molecule has 1 rings (SSSR count). The van der Waals surface area contributed by atoms with Crippen LogP contribution in [0.25, 0.3) is 0 Å². The second kappa shape index (κ2) is 3.25. The quantitative estimate of drug-likeness (QED) is 0.665. The van der Waals surface area contributed by atoms with Crippen molar-refractivity contribution in [1.82, 2.24) is 9.97 Å². The Bertz CT molecular complexity index is 287. The normalized spacial score (nSPS) is 9.83. The van der Waals surface area contributed by atoms with Crippen LogP contribution in [0.2, 0.25) is 0 Å². The van der Waals surface area contributed by atoms with Crippen molar-refractivity contribution >= 4 is 11.6 Å². The summed E-state index contributed by atoms with van der Waals surface area (Å²) in [5.74, 6) is 0.549. The molecule has 0 atom stereocenters. The largest absolute Gasteiger partial charge is 0.476 e. The highest BCUT2D eigenvalue weighted by molar-refractivity contribution is 5.53. The third-order valence-electron chi connectivity index (χ3n) is 1.40. The minimum absolute atomic E-state index is 0.185. The maximum absolute atomic E-state index is 5.63. The summed E-state index contributed by atoms with van der Waals surface area (Å²) in [6.45, 7) is 4.13. The Morgan fingerprint density at radius 1 is 1.33 bits per heavy atom. The molecule has 66 valence electrons. The predicted octanol–water partition coefficient (Wildman–Crippen LogP) is 0.348. The average molecular weight is 168 g/mol. The van der Waals surface area contributed by atoms with Crippen molar-refractivity contribution in [1.29, 1.82) is 0 Å². The number of nitrogens with zero attached hydrogens (tertiary/aromatic N) is 2. The molecule has 0 spiro atoms. The van der Waals surface area contributed by atoms with E-state index in [1.807, 2.05) is 6.92 Å². The highest BCUT2D eigenvalue weighted by atomic mass is 16.5. The van der Waals surface area contributed by atoms with E-state index in [-0.39, 0.29) is 5.95 Å². The van der Waals surface area contributed by atoms with Crippen molar-refractivity contribution < 1.29 is 4.74 Å². The highest BCUT2D eigenvalue weighted by Gasteiger charge is 2.06. The van der Waals surface area contributed by atoms with Crippen LogP contribution in [0.4, 0.5) is 11.6 Å². The molecule has 0 bridgehead atoms. The first kappa shape index (κ1) is 8.58. The first-order valence-electron chi connectivity index (χ1n) is 3.67. The number of ether oxygens (including phenoxy) is 1. The van der Waals surface area contributed by atoms with Gasteiger partial charge in [0.1, 0.15) is 5.69 Å². The van der Waals surface area contributed by atoms with Crippen molar-refractivity contribution in [3.8, 4) is 5.88 Å². The van der Waals surface area contributed by atoms with Gasteiger partial charge in [0.05, 0.1) is 12.3 Å². The molecule has 12 heavy (non-hydrogen) atoms. The van der Waals surface area contributed by atoms with E-state index in [1.54, 1.807) is 6.92 Å². The van der Waals surface area contributed by atoms with Crippen LogP contribution >= 0.6 is 0 Å². The lowest BCUT2D eigenvalue weighted by Gasteiger charge is -2.07. The van der Waals surface area contributed by atoms with Gasteiger partial charge in [-0.05, 0) is 13.8 Å². The SMILES string of the molecule is CCOc1nc(N)nc(C)c1N. The van der Waals surface area contributed by atoms with E-state index in [0.29, 0.717) is 23.9 Å². The second-order valence-electron chi connectivity index (χ2n) is 2.32. The van der Waals surface area contributed by atoms with E-state index in [1.165, 1.54) is 0 Å². The van der Waals surface area contributed by atoms with Crippen LogP contribution in [0.3, 0.4) is 0 Å². The summed E-state index contributed by atoms with van der Waals surface area (Å²) < 4.78 is 5.14. The van der Waals surface area contributed by atoms with Crippen LogP contribution in [0.5, 0.6) is 5.88 Å². The Hall–Kier alpha value is -1.52. The maximum atomic E-state index is 5.63. The van der Waals surface area contributed by atoms with Gasteiger partial charge in [-0.25, -0.2) is 4.98 Å². The zero-order chi connectivity index (χ0) is 9.14. The first-order chi connectivity index (χ1) is 5.65. The molecule has 0 aliphatic rings. The molecule has 4 N–H and O–H groups in total. The van der Waals surface area contributed by atoms with Crippen LogP contribution in [0.1, 0.15) is 12.6 Å². The summed E-state index contributed by atoms with van der Waals surface area (Å²) in [6.07, 6.45) is 0. The lowest BCUT2D eigenvalue weighted by molar-refractivity contribution is 0.328. The van der Waals surface area contributed by atoms with Gasteiger partial charge in [-0.3, -0.25) is 0 Å². The fourth-order valence-corrected chi connectivity index (χ4v) is 0.823. The molecule has 0 aliphatic carbocycles. The molecular formula is C7H12N4O. The van der Waals surface area contributed by atoms with Crippen LogP contribution in [0.15, 0.2) is 0 Å². The van der Waals surface area contributed by atoms with Crippen LogP contribution in [-0.2, 0) is 0 Å². The number of aromatic nitrogens is 2. The summed E-state index contributed by atoms with van der Waals surface area (Å²) in [4.78, 5) is 7.72. The molecule has 0 aromatic carbocycles. The molecule has 5 nitrogen and oxygen atoms in total. The second-order valence-corrected chi connectivity index (χ2v) is 2.32. The van der Waals surface area contributed by atoms with Crippen molar-refractivity contribution in [3.63, 3.8) is 0 Å². The molecule has 0 amide bonds. The fourth-order valence-electron chi connectivity index (χ4n) is 0.823. The van der Waals surface area contributed by atoms with Crippen molar-refractivity contribution in [2.24, 2.45) is 0 Å². The highest BCUT2D eigenvalue weighted by Crippen LogP contribution is 2.21. The molecule has 5 heteroatoms. The average Bonchev–Trinajstić information content (AvgIpc) is 2.00. The van der Waals surface area contributed by atoms with Crippen LogP contribution < -0.4 is 16.2 Å². The van der Waals surface area contributed by atoms with E-state index >= 15 is 0 Å². The summed E-state index contributed by atoms with van der Waals surface area (Å²) in [7, 11) is 0. The molecule has 0 unspecified atom stereocenters. The van der Waals surface area contributed by atoms with Crippen molar-refractivity contribution in [2.75, 3.05) is 18.1 Å². The van der Waals surface area contributed by atoms with E-state index in [2.05, 4.69) is 9.97 Å². The lowest BCUT2D eigenvalue weighted by atomic mass is 10.4. The fraction of sp³-hybridized carbons (Fsp3) is 0.429. The topological polar surface area (TPSA) is 87.0 Å². The zero-order valence-corrected chi connectivity index (χ0v) is 7.16. The van der Waals surface area contributed by atoms with Crippen LogP contribution in [0, 0.1) is 6.92 Å². The predicted molar refractivity (Wildman–Crippen MR) is 46.8 cm³/mol. The molecule has 0 saturated heterocycles. The van der Waals surface area contributed by atoms with Gasteiger partial charge >= 0.3 is 0 Å². The molecule has 1 heterocycles. The van der Waals surface area contributed by atoms with E-state index < -0.39 is 0 Å². The lowest BCUT2D eigenvalue weighted by Crippen LogP contribution is -2.06. The Morgan fingerprint density at radius 3 is 2.58 bits per heavy atom.